The molecule has 0 spiro atoms. The summed E-state index contributed by atoms with van der Waals surface area (Å²) in [4.78, 5) is 0. The minimum Gasteiger partial charge on any atom is -0.317 e. The van der Waals surface area contributed by atoms with Crippen LogP contribution in [0.4, 0.5) is 0 Å². The van der Waals surface area contributed by atoms with Crippen LogP contribution in [0.1, 0.15) is 65.2 Å². The summed E-state index contributed by atoms with van der Waals surface area (Å²) >= 11 is 0. The maximum atomic E-state index is 3.51. The van der Waals surface area contributed by atoms with Gasteiger partial charge < -0.3 is 5.32 Å². The van der Waals surface area contributed by atoms with Gasteiger partial charge in [-0.2, -0.15) is 0 Å². The molecule has 2 unspecified atom stereocenters. The largest absolute Gasteiger partial charge is 0.317 e. The van der Waals surface area contributed by atoms with Crippen LogP contribution in [0, 0.1) is 11.8 Å². The molecule has 1 heteroatoms. The van der Waals surface area contributed by atoms with Gasteiger partial charge in [0.1, 0.15) is 0 Å². The van der Waals surface area contributed by atoms with Crippen LogP contribution in [-0.4, -0.2) is 13.1 Å². The predicted octanol–water partition coefficient (Wildman–Crippen LogP) is 3.98. The Kier molecular flexibility index (Phi) is 7.08. The van der Waals surface area contributed by atoms with Crippen molar-refractivity contribution in [1.29, 1.82) is 0 Å². The second-order valence-electron chi connectivity index (χ2n) is 5.27. The molecule has 0 aromatic carbocycles. The third-order valence-electron chi connectivity index (χ3n) is 3.94. The quantitative estimate of drug-likeness (QED) is 0.655. The van der Waals surface area contributed by atoms with E-state index in [1.54, 1.807) is 0 Å². The maximum Gasteiger partial charge on any atom is -0.00462 e. The molecule has 1 saturated heterocycles. The van der Waals surface area contributed by atoms with E-state index in [4.69, 9.17) is 0 Å². The Balaban J connectivity index is 2.11. The number of nitrogens with one attached hydrogen (secondary N) is 1. The highest BCUT2D eigenvalue weighted by Gasteiger charge is 2.18. The van der Waals surface area contributed by atoms with Crippen molar-refractivity contribution in [2.24, 2.45) is 11.8 Å². The van der Waals surface area contributed by atoms with Crippen LogP contribution in [0.3, 0.4) is 0 Å². The van der Waals surface area contributed by atoms with E-state index in [2.05, 4.69) is 19.2 Å². The van der Waals surface area contributed by atoms with E-state index >= 15 is 0 Å². The Hall–Kier alpha value is -0.0400. The molecular formula is C14H29N. The Morgan fingerprint density at radius 1 is 1.13 bits per heavy atom. The van der Waals surface area contributed by atoms with E-state index in [9.17, 15) is 0 Å². The van der Waals surface area contributed by atoms with Gasteiger partial charge >= 0.3 is 0 Å². The van der Waals surface area contributed by atoms with Gasteiger partial charge in [-0.15, -0.1) is 0 Å². The van der Waals surface area contributed by atoms with Gasteiger partial charge in [-0.25, -0.2) is 0 Å². The molecule has 0 radical (unpaired) electrons. The second-order valence-corrected chi connectivity index (χ2v) is 5.27. The Morgan fingerprint density at radius 2 is 2.00 bits per heavy atom. The molecule has 1 nitrogen and oxygen atoms in total. The second kappa shape index (κ2) is 8.15. The van der Waals surface area contributed by atoms with Crippen molar-refractivity contribution in [3.8, 4) is 0 Å². The molecule has 1 rings (SSSR count). The van der Waals surface area contributed by atoms with Gasteiger partial charge in [0.15, 0.2) is 0 Å². The van der Waals surface area contributed by atoms with Crippen molar-refractivity contribution in [2.45, 2.75) is 65.2 Å². The number of rotatable bonds is 6. The summed E-state index contributed by atoms with van der Waals surface area (Å²) in [6.07, 6.45) is 11.4. The minimum atomic E-state index is 0.960. The summed E-state index contributed by atoms with van der Waals surface area (Å²) in [7, 11) is 0. The lowest BCUT2D eigenvalue weighted by atomic mass is 9.84. The van der Waals surface area contributed by atoms with Crippen molar-refractivity contribution in [3.63, 3.8) is 0 Å². The average molecular weight is 211 g/mol. The van der Waals surface area contributed by atoms with Crippen LogP contribution in [0.5, 0.6) is 0 Å². The van der Waals surface area contributed by atoms with Crippen LogP contribution in [0.15, 0.2) is 0 Å². The fourth-order valence-electron chi connectivity index (χ4n) is 2.74. The maximum absolute atomic E-state index is 3.51. The van der Waals surface area contributed by atoms with Crippen LogP contribution >= 0.6 is 0 Å². The molecule has 1 heterocycles. The molecule has 1 aliphatic rings. The van der Waals surface area contributed by atoms with Crippen LogP contribution in [0.25, 0.3) is 0 Å². The van der Waals surface area contributed by atoms with E-state index < -0.39 is 0 Å². The fraction of sp³-hybridized carbons (Fsp3) is 1.00. The first kappa shape index (κ1) is 13.0. The molecule has 90 valence electrons. The van der Waals surface area contributed by atoms with E-state index in [1.165, 1.54) is 64.5 Å². The molecule has 0 aromatic heterocycles. The van der Waals surface area contributed by atoms with Gasteiger partial charge in [-0.05, 0) is 44.2 Å². The van der Waals surface area contributed by atoms with Crippen molar-refractivity contribution in [1.82, 2.24) is 5.32 Å². The fourth-order valence-corrected chi connectivity index (χ4v) is 2.74. The van der Waals surface area contributed by atoms with Crippen LogP contribution in [0.2, 0.25) is 0 Å². The van der Waals surface area contributed by atoms with E-state index in [-0.39, 0.29) is 0 Å². The first-order valence-electron chi connectivity index (χ1n) is 7.05. The summed E-state index contributed by atoms with van der Waals surface area (Å²) in [5.41, 5.74) is 0. The van der Waals surface area contributed by atoms with Gasteiger partial charge in [0.25, 0.3) is 0 Å². The summed E-state index contributed by atoms with van der Waals surface area (Å²) in [5, 5.41) is 3.51. The number of unbranched alkanes of at least 4 members (excludes halogenated alkanes) is 3. The number of hydrogen-bond acceptors (Lipinski definition) is 1. The SMILES string of the molecule is CCCCCCC(C)C1CCCNCC1. The van der Waals surface area contributed by atoms with Gasteiger partial charge in [0.05, 0.1) is 0 Å². The summed E-state index contributed by atoms with van der Waals surface area (Å²) < 4.78 is 0. The Bertz CT molecular complexity index is 136. The molecule has 1 fully saturated rings. The number of hydrogen-bond donors (Lipinski definition) is 1. The third-order valence-corrected chi connectivity index (χ3v) is 3.94. The van der Waals surface area contributed by atoms with Gasteiger partial charge in [-0.3, -0.25) is 0 Å². The molecule has 2 atom stereocenters. The first-order chi connectivity index (χ1) is 7.34. The molecule has 0 aliphatic carbocycles. The highest BCUT2D eigenvalue weighted by Crippen LogP contribution is 2.26. The summed E-state index contributed by atoms with van der Waals surface area (Å²) in [6.45, 7) is 7.27. The van der Waals surface area contributed by atoms with E-state index in [1.807, 2.05) is 0 Å². The zero-order valence-corrected chi connectivity index (χ0v) is 10.7. The molecular weight excluding hydrogens is 182 g/mol. The average Bonchev–Trinajstić information content (AvgIpc) is 2.52. The smallest absolute Gasteiger partial charge is 0.00462 e. The molecule has 0 aromatic rings. The topological polar surface area (TPSA) is 12.0 Å². The van der Waals surface area contributed by atoms with Crippen molar-refractivity contribution < 1.29 is 0 Å². The van der Waals surface area contributed by atoms with E-state index in [0.717, 1.165) is 11.8 Å². The normalized spacial score (nSPS) is 24.8. The monoisotopic (exact) mass is 211 g/mol. The van der Waals surface area contributed by atoms with Crippen molar-refractivity contribution >= 4 is 0 Å². The Morgan fingerprint density at radius 3 is 2.80 bits per heavy atom. The zero-order valence-electron chi connectivity index (χ0n) is 10.7. The predicted molar refractivity (Wildman–Crippen MR) is 68.1 cm³/mol. The van der Waals surface area contributed by atoms with Gasteiger partial charge in [0.2, 0.25) is 0 Å². The molecule has 1 N–H and O–H groups in total. The van der Waals surface area contributed by atoms with Crippen molar-refractivity contribution in [3.05, 3.63) is 0 Å². The van der Waals surface area contributed by atoms with Gasteiger partial charge in [-0.1, -0.05) is 46.0 Å². The third kappa shape index (κ3) is 5.55. The van der Waals surface area contributed by atoms with Crippen LogP contribution < -0.4 is 5.32 Å². The summed E-state index contributed by atoms with van der Waals surface area (Å²) in [6, 6.07) is 0. The lowest BCUT2D eigenvalue weighted by molar-refractivity contribution is 0.301. The van der Waals surface area contributed by atoms with E-state index in [0.29, 0.717) is 0 Å². The molecule has 0 saturated carbocycles. The lowest BCUT2D eigenvalue weighted by Crippen LogP contribution is -2.16. The van der Waals surface area contributed by atoms with Crippen molar-refractivity contribution in [2.75, 3.05) is 13.1 Å². The van der Waals surface area contributed by atoms with Gasteiger partial charge in [0, 0.05) is 0 Å². The summed E-state index contributed by atoms with van der Waals surface area (Å²) in [5.74, 6) is 1.96. The first-order valence-corrected chi connectivity index (χ1v) is 7.05. The standard InChI is InChI=1S/C14H29N/c1-3-4-5-6-8-13(2)14-9-7-11-15-12-10-14/h13-15H,3-12H2,1-2H3. The minimum absolute atomic E-state index is 0.960. The van der Waals surface area contributed by atoms with Crippen LogP contribution in [-0.2, 0) is 0 Å². The Labute approximate surface area is 96.0 Å². The lowest BCUT2D eigenvalue weighted by Gasteiger charge is -2.22. The molecule has 15 heavy (non-hydrogen) atoms. The highest BCUT2D eigenvalue weighted by molar-refractivity contribution is 4.71. The highest BCUT2D eigenvalue weighted by atomic mass is 14.8. The molecule has 0 amide bonds. The molecule has 0 bridgehead atoms. The molecule has 1 aliphatic heterocycles. The zero-order chi connectivity index (χ0) is 10.9.